The van der Waals surface area contributed by atoms with E-state index in [2.05, 4.69) is 30.3 Å². The molecule has 0 aliphatic heterocycles. The van der Waals surface area contributed by atoms with Crippen LogP contribution in [-0.2, 0) is 41.3 Å². The SMILES string of the molecule is CC(C)S(=O)(=O)Cc1ccc(CCc2ccc3c(c2)CCC3)cc1. The molecule has 128 valence electrons. The van der Waals surface area contributed by atoms with E-state index in [0.717, 1.165) is 18.4 Å². The minimum absolute atomic E-state index is 0.135. The Balaban J connectivity index is 1.60. The fourth-order valence-corrected chi connectivity index (χ4v) is 4.26. The van der Waals surface area contributed by atoms with Crippen LogP contribution in [0.5, 0.6) is 0 Å². The van der Waals surface area contributed by atoms with Gasteiger partial charge in [-0.25, -0.2) is 8.42 Å². The fraction of sp³-hybridized carbons (Fsp3) is 0.429. The van der Waals surface area contributed by atoms with Gasteiger partial charge in [-0.3, -0.25) is 0 Å². The number of hydrogen-bond acceptors (Lipinski definition) is 2. The lowest BCUT2D eigenvalue weighted by atomic mass is 10.00. The smallest absolute Gasteiger partial charge is 0.156 e. The highest BCUT2D eigenvalue weighted by Crippen LogP contribution is 2.23. The van der Waals surface area contributed by atoms with Gasteiger partial charge in [-0.05, 0) is 73.8 Å². The molecule has 0 spiro atoms. The Morgan fingerprint density at radius 3 is 2.12 bits per heavy atom. The molecule has 2 aromatic rings. The predicted octanol–water partition coefficient (Wildman–Crippen LogP) is 4.28. The van der Waals surface area contributed by atoms with Gasteiger partial charge >= 0.3 is 0 Å². The molecule has 0 atom stereocenters. The van der Waals surface area contributed by atoms with Crippen LogP contribution >= 0.6 is 0 Å². The van der Waals surface area contributed by atoms with Crippen molar-refractivity contribution in [1.82, 2.24) is 0 Å². The summed E-state index contributed by atoms with van der Waals surface area (Å²) in [6, 6.07) is 15.0. The lowest BCUT2D eigenvalue weighted by molar-refractivity contribution is 0.586. The first-order valence-corrected chi connectivity index (χ1v) is 10.6. The standard InChI is InChI=1S/C21H26O2S/c1-16(2)24(22,23)15-19-10-7-17(8-11-19)6-9-18-12-13-20-4-3-5-21(20)14-18/h7-8,10-14,16H,3-6,9,15H2,1-2H3. The quantitative estimate of drug-likeness (QED) is 0.785. The molecule has 0 aromatic heterocycles. The molecule has 2 nitrogen and oxygen atoms in total. The monoisotopic (exact) mass is 342 g/mol. The summed E-state index contributed by atoms with van der Waals surface area (Å²) in [6.45, 7) is 3.47. The van der Waals surface area contributed by atoms with Crippen LogP contribution < -0.4 is 0 Å². The molecule has 1 aliphatic carbocycles. The molecule has 3 rings (SSSR count). The number of sulfone groups is 1. The molecule has 24 heavy (non-hydrogen) atoms. The van der Waals surface area contributed by atoms with E-state index >= 15 is 0 Å². The number of aryl methyl sites for hydroxylation is 4. The minimum Gasteiger partial charge on any atom is -0.228 e. The Morgan fingerprint density at radius 1 is 0.833 bits per heavy atom. The van der Waals surface area contributed by atoms with Crippen molar-refractivity contribution in [2.24, 2.45) is 0 Å². The average Bonchev–Trinajstić information content (AvgIpc) is 3.01. The molecule has 0 saturated carbocycles. The summed E-state index contributed by atoms with van der Waals surface area (Å²) in [7, 11) is -3.03. The van der Waals surface area contributed by atoms with Gasteiger partial charge in [0.1, 0.15) is 0 Å². The van der Waals surface area contributed by atoms with Gasteiger partial charge in [-0.2, -0.15) is 0 Å². The van der Waals surface area contributed by atoms with Gasteiger partial charge in [-0.1, -0.05) is 42.5 Å². The lowest BCUT2D eigenvalue weighted by Gasteiger charge is -2.09. The van der Waals surface area contributed by atoms with Crippen molar-refractivity contribution in [3.8, 4) is 0 Å². The number of rotatable bonds is 6. The number of fused-ring (bicyclic) bond motifs is 1. The molecule has 0 amide bonds. The summed E-state index contributed by atoms with van der Waals surface area (Å²) >= 11 is 0. The van der Waals surface area contributed by atoms with Crippen LogP contribution in [0.1, 0.15) is 48.1 Å². The van der Waals surface area contributed by atoms with Crippen LogP contribution in [0.2, 0.25) is 0 Å². The van der Waals surface area contributed by atoms with Crippen molar-refractivity contribution < 1.29 is 8.42 Å². The van der Waals surface area contributed by atoms with Crippen molar-refractivity contribution in [2.45, 2.75) is 57.0 Å². The molecular weight excluding hydrogens is 316 g/mol. The zero-order valence-corrected chi connectivity index (χ0v) is 15.4. The molecule has 3 heteroatoms. The highest BCUT2D eigenvalue weighted by molar-refractivity contribution is 7.91. The summed E-state index contributed by atoms with van der Waals surface area (Å²) in [5.74, 6) is 0.135. The number of benzene rings is 2. The third kappa shape index (κ3) is 4.07. The maximum atomic E-state index is 12.0. The van der Waals surface area contributed by atoms with E-state index in [0.29, 0.717) is 0 Å². The van der Waals surface area contributed by atoms with Crippen LogP contribution in [0, 0.1) is 0 Å². The van der Waals surface area contributed by atoms with E-state index in [4.69, 9.17) is 0 Å². The van der Waals surface area contributed by atoms with E-state index in [1.54, 1.807) is 13.8 Å². The van der Waals surface area contributed by atoms with Crippen molar-refractivity contribution in [1.29, 1.82) is 0 Å². The summed E-state index contributed by atoms with van der Waals surface area (Å²) in [6.07, 6.45) is 5.78. The first-order chi connectivity index (χ1) is 11.4. The highest BCUT2D eigenvalue weighted by Gasteiger charge is 2.16. The van der Waals surface area contributed by atoms with Gasteiger partial charge in [-0.15, -0.1) is 0 Å². The maximum absolute atomic E-state index is 12.0. The third-order valence-corrected chi connectivity index (χ3v) is 7.15. The Kier molecular flexibility index (Phi) is 5.09. The molecule has 0 radical (unpaired) electrons. The van der Waals surface area contributed by atoms with E-state index in [1.165, 1.54) is 41.5 Å². The Morgan fingerprint density at radius 2 is 1.42 bits per heavy atom. The van der Waals surface area contributed by atoms with Crippen LogP contribution in [-0.4, -0.2) is 13.7 Å². The Labute approximate surface area is 145 Å². The van der Waals surface area contributed by atoms with Gasteiger partial charge in [0.25, 0.3) is 0 Å². The second kappa shape index (κ2) is 7.10. The average molecular weight is 343 g/mol. The van der Waals surface area contributed by atoms with E-state index in [1.807, 2.05) is 12.1 Å². The molecule has 0 saturated heterocycles. The minimum atomic E-state index is -3.03. The highest BCUT2D eigenvalue weighted by atomic mass is 32.2. The van der Waals surface area contributed by atoms with E-state index in [-0.39, 0.29) is 11.0 Å². The lowest BCUT2D eigenvalue weighted by Crippen LogP contribution is -2.15. The zero-order chi connectivity index (χ0) is 17.2. The first-order valence-electron chi connectivity index (χ1n) is 8.84. The summed E-state index contributed by atoms with van der Waals surface area (Å²) in [5, 5.41) is -0.322. The summed E-state index contributed by atoms with van der Waals surface area (Å²) in [5.41, 5.74) is 6.60. The molecule has 0 unspecified atom stereocenters. The van der Waals surface area contributed by atoms with Crippen molar-refractivity contribution >= 4 is 9.84 Å². The Hall–Kier alpha value is -1.61. The van der Waals surface area contributed by atoms with E-state index < -0.39 is 9.84 Å². The van der Waals surface area contributed by atoms with Crippen LogP contribution in [0.15, 0.2) is 42.5 Å². The molecular formula is C21H26O2S. The van der Waals surface area contributed by atoms with Crippen LogP contribution in [0.25, 0.3) is 0 Å². The predicted molar refractivity (Wildman–Crippen MR) is 100 cm³/mol. The molecule has 0 N–H and O–H groups in total. The van der Waals surface area contributed by atoms with E-state index in [9.17, 15) is 8.42 Å². The molecule has 0 heterocycles. The van der Waals surface area contributed by atoms with Gasteiger partial charge in [0.15, 0.2) is 9.84 Å². The van der Waals surface area contributed by atoms with Crippen LogP contribution in [0.3, 0.4) is 0 Å². The maximum Gasteiger partial charge on any atom is 0.156 e. The topological polar surface area (TPSA) is 34.1 Å². The molecule has 0 bridgehead atoms. The first kappa shape index (κ1) is 17.2. The normalized spacial score (nSPS) is 14.1. The second-order valence-electron chi connectivity index (χ2n) is 7.13. The molecule has 2 aromatic carbocycles. The largest absolute Gasteiger partial charge is 0.228 e. The molecule has 0 fully saturated rings. The Bertz CT molecular complexity index is 802. The van der Waals surface area contributed by atoms with Crippen molar-refractivity contribution in [2.75, 3.05) is 0 Å². The van der Waals surface area contributed by atoms with Crippen molar-refractivity contribution in [3.05, 3.63) is 70.3 Å². The number of hydrogen-bond donors (Lipinski definition) is 0. The zero-order valence-electron chi connectivity index (χ0n) is 14.6. The van der Waals surface area contributed by atoms with Gasteiger partial charge in [0.05, 0.1) is 11.0 Å². The van der Waals surface area contributed by atoms with Gasteiger partial charge in [0.2, 0.25) is 0 Å². The fourth-order valence-electron chi connectivity index (χ4n) is 3.27. The second-order valence-corrected chi connectivity index (χ2v) is 9.69. The summed E-state index contributed by atoms with van der Waals surface area (Å²) in [4.78, 5) is 0. The van der Waals surface area contributed by atoms with Gasteiger partial charge < -0.3 is 0 Å². The summed E-state index contributed by atoms with van der Waals surface area (Å²) < 4.78 is 24.0. The molecule has 1 aliphatic rings. The van der Waals surface area contributed by atoms with Crippen molar-refractivity contribution in [3.63, 3.8) is 0 Å². The van der Waals surface area contributed by atoms with Crippen LogP contribution in [0.4, 0.5) is 0 Å². The third-order valence-electron chi connectivity index (χ3n) is 4.97. The van der Waals surface area contributed by atoms with Gasteiger partial charge in [0, 0.05) is 0 Å².